The number of hydrogen-bond donors (Lipinski definition) is 2. The molecule has 7 heteroatoms. The highest BCUT2D eigenvalue weighted by Gasteiger charge is 2.09. The molecule has 3 N–H and O–H groups in total. The van der Waals surface area contributed by atoms with Crippen molar-refractivity contribution in [3.05, 3.63) is 41.8 Å². The highest BCUT2D eigenvalue weighted by Crippen LogP contribution is 2.26. The first-order valence-electron chi connectivity index (χ1n) is 5.95. The van der Waals surface area contributed by atoms with Gasteiger partial charge >= 0.3 is 0 Å². The van der Waals surface area contributed by atoms with E-state index >= 15 is 0 Å². The van der Waals surface area contributed by atoms with Gasteiger partial charge in [0.1, 0.15) is 5.82 Å². The maximum atomic E-state index is 13.1. The summed E-state index contributed by atoms with van der Waals surface area (Å²) < 4.78 is 18.4. The molecule has 0 radical (unpaired) electrons. The second-order valence-electron chi connectivity index (χ2n) is 3.90. The molecule has 0 saturated heterocycles. The smallest absolute Gasteiger partial charge is 0.271 e. The lowest BCUT2D eigenvalue weighted by atomic mass is 10.3. The molecule has 6 nitrogen and oxygen atoms in total. The third-order valence-electron chi connectivity index (χ3n) is 2.40. The van der Waals surface area contributed by atoms with Crippen LogP contribution in [0.1, 0.15) is 17.4 Å². The van der Waals surface area contributed by atoms with E-state index in [9.17, 15) is 9.18 Å². The summed E-state index contributed by atoms with van der Waals surface area (Å²) in [6.45, 7) is 2.30. The molecular formula is C13H13FN4O2. The number of halogens is 1. The van der Waals surface area contributed by atoms with Crippen molar-refractivity contribution in [2.75, 3.05) is 12.3 Å². The van der Waals surface area contributed by atoms with Gasteiger partial charge in [0.05, 0.1) is 5.69 Å². The van der Waals surface area contributed by atoms with Crippen LogP contribution in [0.4, 0.5) is 10.1 Å². The number of nitrogens with one attached hydrogen (secondary N) is 1. The number of nitrogens with zero attached hydrogens (tertiary/aromatic N) is 2. The van der Waals surface area contributed by atoms with Crippen molar-refractivity contribution in [2.45, 2.75) is 6.92 Å². The van der Waals surface area contributed by atoms with E-state index in [1.165, 1.54) is 24.3 Å². The first kappa shape index (κ1) is 13.7. The molecule has 0 spiro atoms. The summed E-state index contributed by atoms with van der Waals surface area (Å²) in [4.78, 5) is 11.5. The van der Waals surface area contributed by atoms with Crippen molar-refractivity contribution in [1.29, 1.82) is 0 Å². The number of carbonyl (C=O) groups is 1. The molecule has 1 amide bonds. The van der Waals surface area contributed by atoms with Crippen molar-refractivity contribution >= 4 is 11.6 Å². The molecule has 0 aliphatic rings. The van der Waals surface area contributed by atoms with E-state index in [0.29, 0.717) is 6.54 Å². The fraction of sp³-hybridized carbons (Fsp3) is 0.154. The zero-order chi connectivity index (χ0) is 14.5. The Morgan fingerprint density at radius 2 is 2.15 bits per heavy atom. The molecule has 0 fully saturated rings. The molecule has 0 atom stereocenters. The summed E-state index contributed by atoms with van der Waals surface area (Å²) in [6, 6.07) is 6.69. The average molecular weight is 276 g/mol. The highest BCUT2D eigenvalue weighted by molar-refractivity contribution is 5.91. The van der Waals surface area contributed by atoms with Crippen molar-refractivity contribution in [1.82, 2.24) is 15.5 Å². The van der Waals surface area contributed by atoms with Crippen LogP contribution < -0.4 is 15.8 Å². The number of anilines is 1. The Kier molecular flexibility index (Phi) is 4.09. The summed E-state index contributed by atoms with van der Waals surface area (Å²) in [5.41, 5.74) is 6.10. The number of nitrogen functional groups attached to an aromatic ring is 1. The molecule has 104 valence electrons. The first-order valence-corrected chi connectivity index (χ1v) is 5.95. The fourth-order valence-electron chi connectivity index (χ4n) is 1.46. The van der Waals surface area contributed by atoms with Gasteiger partial charge < -0.3 is 15.8 Å². The van der Waals surface area contributed by atoms with Gasteiger partial charge in [-0.1, -0.05) is 0 Å². The average Bonchev–Trinajstić information content (AvgIpc) is 2.44. The Labute approximate surface area is 114 Å². The van der Waals surface area contributed by atoms with Crippen LogP contribution in [0.15, 0.2) is 30.3 Å². The van der Waals surface area contributed by atoms with Gasteiger partial charge in [0.15, 0.2) is 11.4 Å². The van der Waals surface area contributed by atoms with Gasteiger partial charge in [-0.3, -0.25) is 4.79 Å². The van der Waals surface area contributed by atoms with E-state index in [-0.39, 0.29) is 28.9 Å². The van der Waals surface area contributed by atoms with Crippen LogP contribution in [0, 0.1) is 5.82 Å². The summed E-state index contributed by atoms with van der Waals surface area (Å²) >= 11 is 0. The molecule has 20 heavy (non-hydrogen) atoms. The maximum Gasteiger partial charge on any atom is 0.271 e. The lowest BCUT2D eigenvalue weighted by molar-refractivity contribution is 0.0949. The van der Waals surface area contributed by atoms with Crippen LogP contribution in [-0.4, -0.2) is 22.6 Å². The molecule has 0 unspecified atom stereocenters. The van der Waals surface area contributed by atoms with Gasteiger partial charge in [0.25, 0.3) is 5.91 Å². The predicted octanol–water partition coefficient (Wildman–Crippen LogP) is 1.74. The summed E-state index contributed by atoms with van der Waals surface area (Å²) in [5.74, 6) is -0.529. The van der Waals surface area contributed by atoms with Crippen molar-refractivity contribution < 1.29 is 13.9 Å². The van der Waals surface area contributed by atoms with Gasteiger partial charge in [-0.2, -0.15) is 0 Å². The zero-order valence-corrected chi connectivity index (χ0v) is 10.8. The number of amides is 1. The fourth-order valence-corrected chi connectivity index (χ4v) is 1.46. The second-order valence-corrected chi connectivity index (χ2v) is 3.90. The van der Waals surface area contributed by atoms with E-state index in [1.54, 1.807) is 6.92 Å². The van der Waals surface area contributed by atoms with Gasteiger partial charge in [0, 0.05) is 18.7 Å². The van der Waals surface area contributed by atoms with E-state index in [0.717, 1.165) is 6.07 Å². The minimum Gasteiger partial charge on any atom is -0.435 e. The highest BCUT2D eigenvalue weighted by atomic mass is 19.1. The largest absolute Gasteiger partial charge is 0.435 e. The number of rotatable bonds is 4. The van der Waals surface area contributed by atoms with Crippen LogP contribution in [-0.2, 0) is 0 Å². The normalized spacial score (nSPS) is 10.1. The molecule has 1 aromatic heterocycles. The Balaban J connectivity index is 2.14. The molecule has 0 saturated carbocycles. The van der Waals surface area contributed by atoms with Gasteiger partial charge in [0.2, 0.25) is 5.88 Å². The number of carbonyl (C=O) groups excluding carboxylic acids is 1. The van der Waals surface area contributed by atoms with Crippen LogP contribution in [0.25, 0.3) is 0 Å². The maximum absolute atomic E-state index is 13.1. The molecule has 1 aromatic carbocycles. The Morgan fingerprint density at radius 1 is 1.35 bits per heavy atom. The van der Waals surface area contributed by atoms with Crippen LogP contribution in [0.3, 0.4) is 0 Å². The molecule has 2 rings (SSSR count). The SMILES string of the molecule is CCNC(=O)c1ccc(Oc2cc(F)ccc2N)nn1. The third kappa shape index (κ3) is 3.19. The quantitative estimate of drug-likeness (QED) is 0.830. The van der Waals surface area contributed by atoms with E-state index in [1.807, 2.05) is 0 Å². The second kappa shape index (κ2) is 5.96. The minimum atomic E-state index is -0.471. The van der Waals surface area contributed by atoms with E-state index in [2.05, 4.69) is 15.5 Å². The van der Waals surface area contributed by atoms with Crippen LogP contribution >= 0.6 is 0 Å². The lowest BCUT2D eigenvalue weighted by Crippen LogP contribution is -2.23. The molecule has 1 heterocycles. The number of benzene rings is 1. The van der Waals surface area contributed by atoms with Crippen molar-refractivity contribution in [3.8, 4) is 11.6 Å². The third-order valence-corrected chi connectivity index (χ3v) is 2.40. The summed E-state index contributed by atoms with van der Waals surface area (Å²) in [7, 11) is 0. The zero-order valence-electron chi connectivity index (χ0n) is 10.8. The molecule has 0 aliphatic heterocycles. The van der Waals surface area contributed by atoms with Gasteiger partial charge in [-0.05, 0) is 25.1 Å². The number of ether oxygens (including phenoxy) is 1. The predicted molar refractivity (Wildman–Crippen MR) is 70.9 cm³/mol. The number of hydrogen-bond acceptors (Lipinski definition) is 5. The Bertz CT molecular complexity index is 616. The van der Waals surface area contributed by atoms with E-state index in [4.69, 9.17) is 10.5 Å². The molecule has 0 bridgehead atoms. The van der Waals surface area contributed by atoms with Crippen LogP contribution in [0.2, 0.25) is 0 Å². The lowest BCUT2D eigenvalue weighted by Gasteiger charge is -2.07. The Morgan fingerprint density at radius 3 is 2.80 bits per heavy atom. The molecule has 2 aromatic rings. The van der Waals surface area contributed by atoms with Gasteiger partial charge in [-0.15, -0.1) is 10.2 Å². The van der Waals surface area contributed by atoms with Crippen molar-refractivity contribution in [3.63, 3.8) is 0 Å². The minimum absolute atomic E-state index is 0.121. The topological polar surface area (TPSA) is 90.1 Å². The molecular weight excluding hydrogens is 263 g/mol. The standard InChI is InChI=1S/C13H13FN4O2/c1-2-16-13(19)10-5-6-12(18-17-10)20-11-7-8(14)3-4-9(11)15/h3-7H,2,15H2,1H3,(H,16,19). The van der Waals surface area contributed by atoms with Crippen LogP contribution in [0.5, 0.6) is 11.6 Å². The van der Waals surface area contributed by atoms with Crippen molar-refractivity contribution in [2.24, 2.45) is 0 Å². The number of nitrogens with two attached hydrogens (primary N) is 1. The number of aromatic nitrogens is 2. The summed E-state index contributed by atoms with van der Waals surface area (Å²) in [6.07, 6.45) is 0. The monoisotopic (exact) mass is 276 g/mol. The van der Waals surface area contributed by atoms with E-state index < -0.39 is 5.82 Å². The molecule has 0 aliphatic carbocycles. The Hall–Kier alpha value is -2.70. The summed E-state index contributed by atoms with van der Waals surface area (Å²) in [5, 5.41) is 10.1. The van der Waals surface area contributed by atoms with Gasteiger partial charge in [-0.25, -0.2) is 4.39 Å². The first-order chi connectivity index (χ1) is 9.60.